The summed E-state index contributed by atoms with van der Waals surface area (Å²) in [5.74, 6) is 0. The van der Waals surface area contributed by atoms with Gasteiger partial charge < -0.3 is 54.7 Å². The molecule has 11 heteroatoms. The predicted octanol–water partition coefficient (Wildman–Crippen LogP) is -0.452. The van der Waals surface area contributed by atoms with E-state index in [9.17, 15) is 35.7 Å². The van der Waals surface area contributed by atoms with Gasteiger partial charge in [-0.15, -0.1) is 0 Å². The summed E-state index contributed by atoms with van der Waals surface area (Å²) >= 11 is 0. The third-order valence-corrected chi connectivity index (χ3v) is 6.72. The molecule has 0 spiro atoms. The number of hydrogen-bond donors (Lipinski definition) is 7. The molecule has 0 aromatic carbocycles. The summed E-state index contributed by atoms with van der Waals surface area (Å²) in [5, 5.41) is 69.6. The third-order valence-electron chi connectivity index (χ3n) is 6.72. The first-order valence-electron chi connectivity index (χ1n) is 13.0. The molecule has 2 fully saturated rings. The lowest BCUT2D eigenvalue weighted by Crippen LogP contribution is -2.60. The Kier molecular flexibility index (Phi) is 14.4. The summed E-state index contributed by atoms with van der Waals surface area (Å²) in [6.07, 6.45) is -2.17. The van der Waals surface area contributed by atoms with Gasteiger partial charge in [0, 0.05) is 6.61 Å². The minimum absolute atomic E-state index is 0.232. The summed E-state index contributed by atoms with van der Waals surface area (Å²) in [7, 11) is 0. The Morgan fingerprint density at radius 1 is 0.543 bits per heavy atom. The zero-order valence-corrected chi connectivity index (χ0v) is 20.7. The molecule has 2 unspecified atom stereocenters. The third kappa shape index (κ3) is 9.75. The normalized spacial score (nSPS) is 38.1. The fourth-order valence-electron chi connectivity index (χ4n) is 4.43. The van der Waals surface area contributed by atoms with Gasteiger partial charge in [0.2, 0.25) is 0 Å². The lowest BCUT2D eigenvalue weighted by molar-refractivity contribution is -0.304. The van der Waals surface area contributed by atoms with Crippen LogP contribution in [0.15, 0.2) is 0 Å². The van der Waals surface area contributed by atoms with E-state index in [0.717, 1.165) is 19.3 Å². The van der Waals surface area contributed by atoms with Crippen LogP contribution in [0.2, 0.25) is 0 Å². The molecule has 2 aliphatic rings. The van der Waals surface area contributed by atoms with Gasteiger partial charge >= 0.3 is 0 Å². The van der Waals surface area contributed by atoms with Crippen molar-refractivity contribution in [2.45, 2.75) is 133 Å². The first kappa shape index (κ1) is 30.8. The molecule has 0 aromatic rings. The van der Waals surface area contributed by atoms with Crippen molar-refractivity contribution in [2.75, 3.05) is 19.8 Å². The van der Waals surface area contributed by atoms with E-state index in [-0.39, 0.29) is 13.2 Å². The quantitative estimate of drug-likeness (QED) is 0.134. The van der Waals surface area contributed by atoms with Gasteiger partial charge in [-0.25, -0.2) is 0 Å². The highest BCUT2D eigenvalue weighted by Crippen LogP contribution is 2.24. The molecule has 2 rings (SSSR count). The minimum Gasteiger partial charge on any atom is -0.387 e. The maximum absolute atomic E-state index is 10.6. The van der Waals surface area contributed by atoms with Crippen molar-refractivity contribution < 1.29 is 54.7 Å². The fraction of sp³-hybridized carbons (Fsp3) is 1.00. The topological polar surface area (TPSA) is 179 Å². The van der Waals surface area contributed by atoms with Gasteiger partial charge in [-0.1, -0.05) is 64.7 Å². The van der Waals surface area contributed by atoms with Crippen LogP contribution in [0, 0.1) is 0 Å². The van der Waals surface area contributed by atoms with Crippen molar-refractivity contribution >= 4 is 0 Å². The van der Waals surface area contributed by atoms with E-state index in [1.165, 1.54) is 44.9 Å². The molecule has 7 N–H and O–H groups in total. The van der Waals surface area contributed by atoms with Gasteiger partial charge in [-0.2, -0.15) is 0 Å². The molecule has 0 saturated carbocycles. The molecule has 2 aliphatic heterocycles. The van der Waals surface area contributed by atoms with E-state index in [1.54, 1.807) is 0 Å². The number of unbranched alkanes of at least 4 members (excludes halogenated alkanes) is 9. The Balaban J connectivity index is 1.66. The molecule has 10 atom stereocenters. The van der Waals surface area contributed by atoms with E-state index in [4.69, 9.17) is 18.9 Å². The summed E-state index contributed by atoms with van der Waals surface area (Å²) in [5.41, 5.74) is 0. The standard InChI is InChI=1S/C24H46O11/c1-2-3-4-5-6-7-8-9-10-11-12-33-22-18(26)16(35-24(31)21(22)29)14-32-13-15-17(25)19(27)20(28)23(30)34-15/h15-31H,2-14H2,1H3/t15-,16-,17-,18-,19+,20-,21-,22+,23?,24?/m1/s1. The SMILES string of the molecule is CCCCCCCCCCCCO[C@H]1[C@H](O)[C@@H](COC[C@H]2OC(O)[C@H](O)[C@@H](O)[C@@H]2O)OC(O)[C@@H]1O. The summed E-state index contributed by atoms with van der Waals surface area (Å²) < 4.78 is 21.3. The van der Waals surface area contributed by atoms with Crippen molar-refractivity contribution in [2.24, 2.45) is 0 Å². The zero-order valence-electron chi connectivity index (χ0n) is 20.7. The Labute approximate surface area is 207 Å². The van der Waals surface area contributed by atoms with Crippen LogP contribution in [0.5, 0.6) is 0 Å². The Bertz CT molecular complexity index is 554. The van der Waals surface area contributed by atoms with Crippen LogP contribution < -0.4 is 0 Å². The largest absolute Gasteiger partial charge is 0.387 e. The predicted molar refractivity (Wildman–Crippen MR) is 124 cm³/mol. The average Bonchev–Trinajstić information content (AvgIpc) is 2.84. The van der Waals surface area contributed by atoms with Crippen LogP contribution in [-0.2, 0) is 18.9 Å². The second-order valence-corrected chi connectivity index (χ2v) is 9.64. The van der Waals surface area contributed by atoms with Crippen LogP contribution >= 0.6 is 0 Å². The fourth-order valence-corrected chi connectivity index (χ4v) is 4.43. The van der Waals surface area contributed by atoms with Crippen LogP contribution in [0.3, 0.4) is 0 Å². The molecule has 0 amide bonds. The second-order valence-electron chi connectivity index (χ2n) is 9.64. The zero-order chi connectivity index (χ0) is 25.8. The Morgan fingerprint density at radius 3 is 1.60 bits per heavy atom. The van der Waals surface area contributed by atoms with Crippen molar-refractivity contribution in [1.82, 2.24) is 0 Å². The van der Waals surface area contributed by atoms with Crippen molar-refractivity contribution in [3.63, 3.8) is 0 Å². The summed E-state index contributed by atoms with van der Waals surface area (Å²) in [4.78, 5) is 0. The lowest BCUT2D eigenvalue weighted by Gasteiger charge is -2.41. The van der Waals surface area contributed by atoms with Gasteiger partial charge in [-0.05, 0) is 6.42 Å². The number of aliphatic hydroxyl groups excluding tert-OH is 7. The van der Waals surface area contributed by atoms with E-state index < -0.39 is 61.4 Å². The number of aliphatic hydroxyl groups is 7. The lowest BCUT2D eigenvalue weighted by atomic mass is 9.98. The van der Waals surface area contributed by atoms with Gasteiger partial charge in [0.25, 0.3) is 0 Å². The van der Waals surface area contributed by atoms with Gasteiger partial charge in [0.15, 0.2) is 12.6 Å². The van der Waals surface area contributed by atoms with Crippen molar-refractivity contribution in [1.29, 1.82) is 0 Å². The molecule has 0 aliphatic carbocycles. The van der Waals surface area contributed by atoms with Gasteiger partial charge in [0.05, 0.1) is 13.2 Å². The first-order valence-corrected chi connectivity index (χ1v) is 13.0. The maximum atomic E-state index is 10.6. The highest BCUT2D eigenvalue weighted by molar-refractivity contribution is 4.91. The van der Waals surface area contributed by atoms with Crippen LogP contribution in [-0.4, -0.2) is 117 Å². The van der Waals surface area contributed by atoms with E-state index in [0.29, 0.717) is 6.61 Å². The molecular weight excluding hydrogens is 464 g/mol. The molecule has 35 heavy (non-hydrogen) atoms. The van der Waals surface area contributed by atoms with Crippen molar-refractivity contribution in [3.05, 3.63) is 0 Å². The summed E-state index contributed by atoms with van der Waals surface area (Å²) in [6.45, 7) is 2.03. The van der Waals surface area contributed by atoms with Crippen LogP contribution in [0.1, 0.15) is 71.1 Å². The molecule has 0 aromatic heterocycles. The molecule has 11 nitrogen and oxygen atoms in total. The van der Waals surface area contributed by atoms with E-state index >= 15 is 0 Å². The Morgan fingerprint density at radius 2 is 1.03 bits per heavy atom. The molecule has 0 bridgehead atoms. The second kappa shape index (κ2) is 16.4. The molecular formula is C24H46O11. The van der Waals surface area contributed by atoms with E-state index in [1.807, 2.05) is 0 Å². The van der Waals surface area contributed by atoms with Gasteiger partial charge in [0.1, 0.15) is 48.8 Å². The number of hydrogen-bond acceptors (Lipinski definition) is 11. The smallest absolute Gasteiger partial charge is 0.184 e. The number of ether oxygens (including phenoxy) is 4. The highest BCUT2D eigenvalue weighted by Gasteiger charge is 2.46. The molecule has 0 radical (unpaired) electrons. The minimum atomic E-state index is -1.68. The van der Waals surface area contributed by atoms with Crippen LogP contribution in [0.25, 0.3) is 0 Å². The molecule has 2 heterocycles. The van der Waals surface area contributed by atoms with E-state index in [2.05, 4.69) is 6.92 Å². The Hall–Kier alpha value is -0.440. The van der Waals surface area contributed by atoms with Crippen molar-refractivity contribution in [3.8, 4) is 0 Å². The molecule has 208 valence electrons. The average molecular weight is 511 g/mol. The van der Waals surface area contributed by atoms with Gasteiger partial charge in [-0.3, -0.25) is 0 Å². The summed E-state index contributed by atoms with van der Waals surface area (Å²) in [6, 6.07) is 0. The maximum Gasteiger partial charge on any atom is 0.184 e. The first-order chi connectivity index (χ1) is 16.8. The van der Waals surface area contributed by atoms with Crippen LogP contribution in [0.4, 0.5) is 0 Å². The highest BCUT2D eigenvalue weighted by atomic mass is 16.7. The molecule has 2 saturated heterocycles. The monoisotopic (exact) mass is 510 g/mol. The number of rotatable bonds is 16.